The molecule has 3 nitrogen and oxygen atoms in total. The van der Waals surface area contributed by atoms with Crippen molar-refractivity contribution < 1.29 is 13.5 Å². The van der Waals surface area contributed by atoms with Gasteiger partial charge in [0, 0.05) is 0 Å². The third kappa shape index (κ3) is 2.71. The number of hydrogen-bond donors (Lipinski definition) is 1. The average molecular weight is 289 g/mol. The van der Waals surface area contributed by atoms with Crippen LogP contribution in [0.4, 0.5) is 0 Å². The largest absolute Gasteiger partial charge is 0.392 e. The summed E-state index contributed by atoms with van der Waals surface area (Å²) in [5.74, 6) is 0. The van der Waals surface area contributed by atoms with Crippen LogP contribution in [0.1, 0.15) is 32.1 Å². The normalized spacial score (nSPS) is 25.7. The van der Waals surface area contributed by atoms with Gasteiger partial charge in [-0.15, -0.1) is 0 Å². The summed E-state index contributed by atoms with van der Waals surface area (Å²) in [6.45, 7) is 0. The fourth-order valence-electron chi connectivity index (χ4n) is 2.45. The van der Waals surface area contributed by atoms with Gasteiger partial charge in [0.15, 0.2) is 9.84 Å². The van der Waals surface area contributed by atoms with E-state index in [-0.39, 0.29) is 9.92 Å². The number of benzene rings is 1. The van der Waals surface area contributed by atoms with E-state index in [1.54, 1.807) is 18.2 Å². The second-order valence-electron chi connectivity index (χ2n) is 4.72. The maximum atomic E-state index is 12.5. The Morgan fingerprint density at radius 3 is 2.50 bits per heavy atom. The van der Waals surface area contributed by atoms with Crippen molar-refractivity contribution in [3.63, 3.8) is 0 Å². The molecule has 0 amide bonds. The van der Waals surface area contributed by atoms with Crippen molar-refractivity contribution in [1.82, 2.24) is 0 Å². The molecule has 0 aromatic heterocycles. The molecule has 1 aromatic rings. The van der Waals surface area contributed by atoms with Crippen molar-refractivity contribution in [2.75, 3.05) is 0 Å². The highest BCUT2D eigenvalue weighted by Crippen LogP contribution is 2.31. The smallest absolute Gasteiger partial charge is 0.185 e. The van der Waals surface area contributed by atoms with Crippen LogP contribution in [-0.2, 0) is 9.84 Å². The Labute approximate surface area is 113 Å². The fraction of sp³-hybridized carbons (Fsp3) is 0.538. The van der Waals surface area contributed by atoms with Crippen LogP contribution < -0.4 is 0 Å². The molecule has 0 spiro atoms. The third-order valence-corrected chi connectivity index (χ3v) is 6.22. The molecule has 1 aliphatic rings. The standard InChI is InChI=1S/C13H17ClO3S/c14-10-6-4-5-8-12(10)18(16,17)13-9-3-1-2-7-11(13)15/h4-6,8,11,13,15H,1-3,7,9H2. The number of aliphatic hydroxyl groups is 1. The van der Waals surface area contributed by atoms with Crippen LogP contribution in [0.5, 0.6) is 0 Å². The highest BCUT2D eigenvalue weighted by molar-refractivity contribution is 7.92. The van der Waals surface area contributed by atoms with Crippen LogP contribution in [0.3, 0.4) is 0 Å². The molecule has 0 saturated heterocycles. The first kappa shape index (κ1) is 13.8. The molecule has 0 heterocycles. The van der Waals surface area contributed by atoms with Gasteiger partial charge in [0.25, 0.3) is 0 Å². The summed E-state index contributed by atoms with van der Waals surface area (Å²) < 4.78 is 25.1. The Morgan fingerprint density at radius 1 is 1.11 bits per heavy atom. The summed E-state index contributed by atoms with van der Waals surface area (Å²) in [5.41, 5.74) is 0. The summed E-state index contributed by atoms with van der Waals surface area (Å²) in [5, 5.41) is 9.52. The molecule has 18 heavy (non-hydrogen) atoms. The van der Waals surface area contributed by atoms with Gasteiger partial charge < -0.3 is 5.11 Å². The number of aliphatic hydroxyl groups excluding tert-OH is 1. The highest BCUT2D eigenvalue weighted by Gasteiger charge is 2.35. The highest BCUT2D eigenvalue weighted by atomic mass is 35.5. The van der Waals surface area contributed by atoms with E-state index in [9.17, 15) is 13.5 Å². The average Bonchev–Trinajstić information content (AvgIpc) is 2.54. The Balaban J connectivity index is 2.38. The van der Waals surface area contributed by atoms with Gasteiger partial charge in [0.05, 0.1) is 21.3 Å². The lowest BCUT2D eigenvalue weighted by Gasteiger charge is -2.21. The minimum atomic E-state index is -3.55. The predicted molar refractivity (Wildman–Crippen MR) is 71.5 cm³/mol. The van der Waals surface area contributed by atoms with Crippen molar-refractivity contribution in [2.45, 2.75) is 48.4 Å². The van der Waals surface area contributed by atoms with Gasteiger partial charge in [-0.05, 0) is 25.0 Å². The molecule has 5 heteroatoms. The Kier molecular flexibility index (Phi) is 4.30. The molecule has 0 aliphatic heterocycles. The second-order valence-corrected chi connectivity index (χ2v) is 7.26. The van der Waals surface area contributed by atoms with Crippen molar-refractivity contribution in [3.8, 4) is 0 Å². The van der Waals surface area contributed by atoms with Crippen LogP contribution >= 0.6 is 11.6 Å². The van der Waals surface area contributed by atoms with Crippen LogP contribution in [0.25, 0.3) is 0 Å². The maximum absolute atomic E-state index is 12.5. The van der Waals surface area contributed by atoms with Gasteiger partial charge in [-0.2, -0.15) is 0 Å². The molecule has 2 rings (SSSR count). The van der Waals surface area contributed by atoms with Gasteiger partial charge in [-0.1, -0.05) is 43.0 Å². The summed E-state index contributed by atoms with van der Waals surface area (Å²) in [6.07, 6.45) is 2.98. The van der Waals surface area contributed by atoms with Crippen LogP contribution in [0.2, 0.25) is 5.02 Å². The molecule has 2 unspecified atom stereocenters. The molecule has 1 aromatic carbocycles. The summed E-state index contributed by atoms with van der Waals surface area (Å²) in [6, 6.07) is 6.43. The number of hydrogen-bond acceptors (Lipinski definition) is 3. The molecule has 0 bridgehead atoms. The van der Waals surface area contributed by atoms with E-state index in [0.717, 1.165) is 19.3 Å². The molecule has 1 fully saturated rings. The van der Waals surface area contributed by atoms with E-state index >= 15 is 0 Å². The van der Waals surface area contributed by atoms with Gasteiger partial charge >= 0.3 is 0 Å². The van der Waals surface area contributed by atoms with Crippen LogP contribution in [0.15, 0.2) is 29.2 Å². The Bertz CT molecular complexity index is 513. The molecule has 1 saturated carbocycles. The first-order valence-electron chi connectivity index (χ1n) is 6.20. The number of halogens is 1. The summed E-state index contributed by atoms with van der Waals surface area (Å²) >= 11 is 5.96. The predicted octanol–water partition coefficient (Wildman–Crippen LogP) is 2.81. The van der Waals surface area contributed by atoms with Crippen molar-refractivity contribution in [1.29, 1.82) is 0 Å². The van der Waals surface area contributed by atoms with E-state index < -0.39 is 21.2 Å². The van der Waals surface area contributed by atoms with Gasteiger partial charge in [-0.3, -0.25) is 0 Å². The van der Waals surface area contributed by atoms with E-state index in [4.69, 9.17) is 11.6 Å². The van der Waals surface area contributed by atoms with Gasteiger partial charge in [-0.25, -0.2) is 8.42 Å². The lowest BCUT2D eigenvalue weighted by molar-refractivity contribution is 0.160. The molecule has 1 N–H and O–H groups in total. The number of rotatable bonds is 2. The van der Waals surface area contributed by atoms with Crippen LogP contribution in [0, 0.1) is 0 Å². The minimum absolute atomic E-state index is 0.137. The van der Waals surface area contributed by atoms with Crippen molar-refractivity contribution in [2.24, 2.45) is 0 Å². The van der Waals surface area contributed by atoms with E-state index in [1.165, 1.54) is 6.07 Å². The zero-order valence-electron chi connectivity index (χ0n) is 10.0. The van der Waals surface area contributed by atoms with Gasteiger partial charge in [0.1, 0.15) is 0 Å². The van der Waals surface area contributed by atoms with Gasteiger partial charge in [0.2, 0.25) is 0 Å². The molecular formula is C13H17ClO3S. The lowest BCUT2D eigenvalue weighted by atomic mass is 10.1. The Morgan fingerprint density at radius 2 is 1.78 bits per heavy atom. The topological polar surface area (TPSA) is 54.4 Å². The maximum Gasteiger partial charge on any atom is 0.185 e. The monoisotopic (exact) mass is 288 g/mol. The lowest BCUT2D eigenvalue weighted by Crippen LogP contribution is -2.33. The molecular weight excluding hydrogens is 272 g/mol. The summed E-state index contributed by atoms with van der Waals surface area (Å²) in [7, 11) is -3.55. The van der Waals surface area contributed by atoms with E-state index in [2.05, 4.69) is 0 Å². The van der Waals surface area contributed by atoms with Crippen molar-refractivity contribution in [3.05, 3.63) is 29.3 Å². The molecule has 1 aliphatic carbocycles. The zero-order chi connectivity index (χ0) is 13.2. The van der Waals surface area contributed by atoms with Crippen molar-refractivity contribution >= 4 is 21.4 Å². The van der Waals surface area contributed by atoms with Crippen LogP contribution in [-0.4, -0.2) is 24.9 Å². The molecule has 2 atom stereocenters. The van der Waals surface area contributed by atoms with E-state index in [0.29, 0.717) is 12.8 Å². The molecule has 0 radical (unpaired) electrons. The third-order valence-electron chi connectivity index (χ3n) is 3.46. The first-order chi connectivity index (χ1) is 8.53. The van der Waals surface area contributed by atoms with E-state index in [1.807, 2.05) is 0 Å². The Hall–Kier alpha value is -0.580. The zero-order valence-corrected chi connectivity index (χ0v) is 11.6. The fourth-order valence-corrected chi connectivity index (χ4v) is 4.87. The SMILES string of the molecule is O=S(=O)(c1ccccc1Cl)C1CCCCCC1O. The summed E-state index contributed by atoms with van der Waals surface area (Å²) in [4.78, 5) is 0.137. The second kappa shape index (κ2) is 5.59. The quantitative estimate of drug-likeness (QED) is 0.852. The first-order valence-corrected chi connectivity index (χ1v) is 8.12. The minimum Gasteiger partial charge on any atom is -0.392 e. The number of sulfone groups is 1. The molecule has 100 valence electrons.